The molecule has 0 spiro atoms. The van der Waals surface area contributed by atoms with E-state index in [0.29, 0.717) is 12.1 Å². The third kappa shape index (κ3) is 2.24. The van der Waals surface area contributed by atoms with Crippen LogP contribution in [-0.4, -0.2) is 34.7 Å². The Labute approximate surface area is 121 Å². The monoisotopic (exact) mass is 274 g/mol. The van der Waals surface area contributed by atoms with Crippen LogP contribution in [0.3, 0.4) is 0 Å². The molecule has 0 radical (unpaired) electrons. The van der Waals surface area contributed by atoms with E-state index in [9.17, 15) is 0 Å². The van der Waals surface area contributed by atoms with Gasteiger partial charge in [0.25, 0.3) is 0 Å². The lowest BCUT2D eigenvalue weighted by Crippen LogP contribution is -2.36. The van der Waals surface area contributed by atoms with Crippen molar-refractivity contribution in [1.29, 1.82) is 0 Å². The number of rotatable bonds is 2. The predicted molar refractivity (Wildman–Crippen MR) is 81.2 cm³/mol. The molecule has 4 heteroatoms. The van der Waals surface area contributed by atoms with Crippen LogP contribution in [0, 0.1) is 6.92 Å². The largest absolute Gasteiger partial charge is 0.341 e. The molecule has 20 heavy (non-hydrogen) atoms. The van der Waals surface area contributed by atoms with Crippen molar-refractivity contribution in [3.8, 4) is 0 Å². The van der Waals surface area contributed by atoms with Crippen molar-refractivity contribution in [2.45, 2.75) is 70.0 Å². The molecule has 2 bridgehead atoms. The predicted octanol–water partition coefficient (Wildman–Crippen LogP) is 2.64. The minimum absolute atomic E-state index is 0.677. The number of fused-ring (bicyclic) bond motifs is 2. The molecule has 2 saturated heterocycles. The van der Waals surface area contributed by atoms with E-state index in [4.69, 9.17) is 4.98 Å². The number of aromatic nitrogens is 2. The molecule has 1 aliphatic carbocycles. The van der Waals surface area contributed by atoms with Crippen LogP contribution in [0.4, 0.5) is 5.95 Å². The number of imidazole rings is 1. The second-order valence-electron chi connectivity index (χ2n) is 6.90. The Bertz CT molecular complexity index is 475. The summed E-state index contributed by atoms with van der Waals surface area (Å²) in [5.74, 6) is 1.24. The van der Waals surface area contributed by atoms with Crippen LogP contribution in [0.5, 0.6) is 0 Å². The number of nitrogens with zero attached hydrogens (tertiary/aromatic N) is 3. The Kier molecular flexibility index (Phi) is 3.21. The molecule has 1 N–H and O–H groups in total. The SMILES string of the molecule is Cc1cn(C2CCCC2)c(N2CCC3CCC(C2)N3)n1. The van der Waals surface area contributed by atoms with Gasteiger partial charge in [0.2, 0.25) is 5.95 Å². The molecule has 2 unspecified atom stereocenters. The highest BCUT2D eigenvalue weighted by atomic mass is 15.3. The van der Waals surface area contributed by atoms with Crippen LogP contribution in [-0.2, 0) is 0 Å². The van der Waals surface area contributed by atoms with Gasteiger partial charge in [-0.2, -0.15) is 0 Å². The zero-order chi connectivity index (χ0) is 13.5. The van der Waals surface area contributed by atoms with Gasteiger partial charge in [0.15, 0.2) is 0 Å². The van der Waals surface area contributed by atoms with Gasteiger partial charge in [0.05, 0.1) is 5.69 Å². The van der Waals surface area contributed by atoms with E-state index in [1.165, 1.54) is 56.6 Å². The van der Waals surface area contributed by atoms with Crippen LogP contribution in [0.2, 0.25) is 0 Å². The molecule has 3 aliphatic rings. The van der Waals surface area contributed by atoms with Crippen LogP contribution in [0.25, 0.3) is 0 Å². The van der Waals surface area contributed by atoms with Crippen molar-refractivity contribution in [3.63, 3.8) is 0 Å². The van der Waals surface area contributed by atoms with Gasteiger partial charge in [0, 0.05) is 37.4 Å². The first-order valence-electron chi connectivity index (χ1n) is 8.36. The Balaban J connectivity index is 1.60. The molecule has 3 heterocycles. The number of hydrogen-bond donors (Lipinski definition) is 1. The lowest BCUT2D eigenvalue weighted by molar-refractivity contribution is 0.504. The lowest BCUT2D eigenvalue weighted by Gasteiger charge is -2.27. The van der Waals surface area contributed by atoms with Gasteiger partial charge in [-0.3, -0.25) is 0 Å². The van der Waals surface area contributed by atoms with Gasteiger partial charge < -0.3 is 14.8 Å². The molecule has 1 aromatic heterocycles. The highest BCUT2D eigenvalue weighted by molar-refractivity contribution is 5.35. The average molecular weight is 274 g/mol. The van der Waals surface area contributed by atoms with E-state index < -0.39 is 0 Å². The molecule has 4 rings (SSSR count). The molecule has 0 aromatic carbocycles. The van der Waals surface area contributed by atoms with Crippen molar-refractivity contribution < 1.29 is 0 Å². The number of hydrogen-bond acceptors (Lipinski definition) is 3. The first kappa shape index (κ1) is 12.7. The van der Waals surface area contributed by atoms with Gasteiger partial charge in [0.1, 0.15) is 0 Å². The van der Waals surface area contributed by atoms with E-state index in [1.807, 2.05) is 0 Å². The fourth-order valence-corrected chi connectivity index (χ4v) is 4.31. The molecule has 2 aliphatic heterocycles. The summed E-state index contributed by atoms with van der Waals surface area (Å²) in [6.45, 7) is 4.44. The summed E-state index contributed by atoms with van der Waals surface area (Å²) in [7, 11) is 0. The van der Waals surface area contributed by atoms with Crippen molar-refractivity contribution in [3.05, 3.63) is 11.9 Å². The lowest BCUT2D eigenvalue weighted by atomic mass is 10.1. The summed E-state index contributed by atoms with van der Waals surface area (Å²) in [5.41, 5.74) is 1.18. The zero-order valence-corrected chi connectivity index (χ0v) is 12.5. The molecular weight excluding hydrogens is 248 g/mol. The summed E-state index contributed by atoms with van der Waals surface area (Å²) < 4.78 is 2.49. The van der Waals surface area contributed by atoms with E-state index in [0.717, 1.165) is 19.1 Å². The van der Waals surface area contributed by atoms with Gasteiger partial charge >= 0.3 is 0 Å². The maximum absolute atomic E-state index is 4.87. The molecule has 110 valence electrons. The summed E-state index contributed by atoms with van der Waals surface area (Å²) in [4.78, 5) is 7.41. The van der Waals surface area contributed by atoms with E-state index in [-0.39, 0.29) is 0 Å². The summed E-state index contributed by atoms with van der Waals surface area (Å²) in [5, 5.41) is 3.77. The molecule has 2 atom stereocenters. The first-order valence-corrected chi connectivity index (χ1v) is 8.36. The zero-order valence-electron chi connectivity index (χ0n) is 12.5. The standard InChI is InChI=1S/C16H26N4/c1-12-10-20(15-4-2-3-5-15)16(17-12)19-9-8-13-6-7-14(11-19)18-13/h10,13-15,18H,2-9,11H2,1H3. The second kappa shape index (κ2) is 5.06. The fourth-order valence-electron chi connectivity index (χ4n) is 4.31. The Morgan fingerprint density at radius 1 is 1.10 bits per heavy atom. The summed E-state index contributed by atoms with van der Waals surface area (Å²) >= 11 is 0. The fraction of sp³-hybridized carbons (Fsp3) is 0.812. The minimum atomic E-state index is 0.677. The summed E-state index contributed by atoms with van der Waals surface area (Å²) in [6, 6.07) is 2.12. The van der Waals surface area contributed by atoms with Crippen LogP contribution in [0.1, 0.15) is 56.7 Å². The first-order chi connectivity index (χ1) is 9.79. The highest BCUT2D eigenvalue weighted by Crippen LogP contribution is 2.34. The van der Waals surface area contributed by atoms with E-state index in [1.54, 1.807) is 0 Å². The van der Waals surface area contributed by atoms with Crippen LogP contribution in [0.15, 0.2) is 6.20 Å². The topological polar surface area (TPSA) is 33.1 Å². The third-order valence-corrected chi connectivity index (χ3v) is 5.36. The Hall–Kier alpha value is -1.03. The highest BCUT2D eigenvalue weighted by Gasteiger charge is 2.31. The van der Waals surface area contributed by atoms with Crippen molar-refractivity contribution in [2.24, 2.45) is 0 Å². The van der Waals surface area contributed by atoms with Crippen molar-refractivity contribution >= 4 is 5.95 Å². The van der Waals surface area contributed by atoms with Gasteiger partial charge in [-0.15, -0.1) is 0 Å². The number of anilines is 1. The smallest absolute Gasteiger partial charge is 0.206 e. The quantitative estimate of drug-likeness (QED) is 0.900. The van der Waals surface area contributed by atoms with E-state index >= 15 is 0 Å². The average Bonchev–Trinajstić information content (AvgIpc) is 3.10. The minimum Gasteiger partial charge on any atom is -0.341 e. The maximum atomic E-state index is 4.87. The number of aryl methyl sites for hydroxylation is 1. The molecule has 1 aromatic rings. The van der Waals surface area contributed by atoms with Crippen molar-refractivity contribution in [2.75, 3.05) is 18.0 Å². The Morgan fingerprint density at radius 2 is 1.90 bits per heavy atom. The molecule has 4 nitrogen and oxygen atoms in total. The number of nitrogens with one attached hydrogen (secondary N) is 1. The van der Waals surface area contributed by atoms with E-state index in [2.05, 4.69) is 27.9 Å². The van der Waals surface area contributed by atoms with Crippen LogP contribution < -0.4 is 10.2 Å². The Morgan fingerprint density at radius 3 is 2.75 bits per heavy atom. The third-order valence-electron chi connectivity index (χ3n) is 5.36. The van der Waals surface area contributed by atoms with Crippen LogP contribution >= 0.6 is 0 Å². The van der Waals surface area contributed by atoms with Gasteiger partial charge in [-0.1, -0.05) is 12.8 Å². The second-order valence-corrected chi connectivity index (χ2v) is 6.90. The van der Waals surface area contributed by atoms with Gasteiger partial charge in [-0.05, 0) is 39.0 Å². The molecular formula is C16H26N4. The van der Waals surface area contributed by atoms with Gasteiger partial charge in [-0.25, -0.2) is 4.98 Å². The molecule has 3 fully saturated rings. The molecule has 1 saturated carbocycles. The maximum Gasteiger partial charge on any atom is 0.206 e. The normalized spacial score (nSPS) is 30.9. The van der Waals surface area contributed by atoms with Crippen molar-refractivity contribution in [1.82, 2.24) is 14.9 Å². The molecule has 0 amide bonds. The summed E-state index contributed by atoms with van der Waals surface area (Å²) in [6.07, 6.45) is 11.7.